The molecule has 0 unspecified atom stereocenters. The smallest absolute Gasteiger partial charge is 0.408 e. The van der Waals surface area contributed by atoms with Gasteiger partial charge in [0.15, 0.2) is 0 Å². The topological polar surface area (TPSA) is 58.6 Å². The molecule has 20 heavy (non-hydrogen) atoms. The van der Waals surface area contributed by atoms with Crippen LogP contribution in [0, 0.1) is 0 Å². The number of amides is 2. The third-order valence-corrected chi connectivity index (χ3v) is 2.59. The van der Waals surface area contributed by atoms with Crippen LogP contribution in [0.4, 0.5) is 10.5 Å². The molecule has 0 radical (unpaired) electrons. The van der Waals surface area contributed by atoms with Crippen LogP contribution in [0.2, 0.25) is 5.02 Å². The maximum absolute atomic E-state index is 11.9. The molecule has 6 heteroatoms. The molecule has 0 spiro atoms. The quantitative estimate of drug-likeness (QED) is 0.933. The predicted octanol–water partition coefficient (Wildman–Crippen LogP) is 2.83. The first-order chi connectivity index (χ1) is 9.19. The summed E-state index contributed by atoms with van der Waals surface area (Å²) in [4.78, 5) is 24.8. The molecule has 0 aliphatic heterocycles. The van der Waals surface area contributed by atoms with E-state index in [0.29, 0.717) is 10.7 Å². The molecule has 0 atom stereocenters. The summed E-state index contributed by atoms with van der Waals surface area (Å²) in [5, 5.41) is 2.96. The van der Waals surface area contributed by atoms with Gasteiger partial charge < -0.3 is 15.0 Å². The van der Waals surface area contributed by atoms with Crippen molar-refractivity contribution in [3.63, 3.8) is 0 Å². The van der Waals surface area contributed by atoms with E-state index in [1.807, 2.05) is 0 Å². The number of ether oxygens (including phenoxy) is 1. The number of carbonyl (C=O) groups is 2. The monoisotopic (exact) mass is 298 g/mol. The van der Waals surface area contributed by atoms with Crippen LogP contribution in [-0.4, -0.2) is 31.2 Å². The van der Waals surface area contributed by atoms with E-state index in [-0.39, 0.29) is 12.5 Å². The van der Waals surface area contributed by atoms with Crippen molar-refractivity contribution in [1.29, 1.82) is 0 Å². The van der Waals surface area contributed by atoms with Crippen LogP contribution in [0.3, 0.4) is 0 Å². The molecule has 1 aromatic rings. The van der Waals surface area contributed by atoms with Gasteiger partial charge in [0.2, 0.25) is 5.91 Å². The molecular weight excluding hydrogens is 280 g/mol. The highest BCUT2D eigenvalue weighted by Crippen LogP contribution is 2.18. The number of hydrogen-bond donors (Lipinski definition) is 1. The van der Waals surface area contributed by atoms with E-state index < -0.39 is 11.7 Å². The van der Waals surface area contributed by atoms with Crippen LogP contribution >= 0.6 is 11.6 Å². The van der Waals surface area contributed by atoms with E-state index in [1.165, 1.54) is 4.90 Å². The van der Waals surface area contributed by atoms with Crippen molar-refractivity contribution >= 4 is 29.3 Å². The van der Waals surface area contributed by atoms with Gasteiger partial charge in [0.05, 0.1) is 0 Å². The van der Waals surface area contributed by atoms with Gasteiger partial charge in [-0.1, -0.05) is 17.7 Å². The van der Waals surface area contributed by atoms with Crippen molar-refractivity contribution in [2.75, 3.05) is 18.5 Å². The first-order valence-corrected chi connectivity index (χ1v) is 6.56. The molecule has 5 nitrogen and oxygen atoms in total. The van der Waals surface area contributed by atoms with E-state index in [4.69, 9.17) is 16.3 Å². The molecule has 0 heterocycles. The minimum atomic E-state index is -0.620. The lowest BCUT2D eigenvalue weighted by atomic mass is 10.2. The zero-order chi connectivity index (χ0) is 15.3. The number of alkyl carbamates (subject to hydrolysis) is 1. The van der Waals surface area contributed by atoms with Gasteiger partial charge in [0.1, 0.15) is 12.1 Å². The Hall–Kier alpha value is -1.75. The highest BCUT2D eigenvalue weighted by Gasteiger charge is 2.18. The fourth-order valence-corrected chi connectivity index (χ4v) is 1.59. The Morgan fingerprint density at radius 2 is 2.00 bits per heavy atom. The maximum atomic E-state index is 11.9. The SMILES string of the molecule is CN(C(=O)CNC(=O)OC(C)(C)C)c1cccc(Cl)c1. The second-order valence-corrected chi connectivity index (χ2v) is 5.72. The van der Waals surface area contributed by atoms with E-state index in [0.717, 1.165) is 0 Å². The molecule has 1 N–H and O–H groups in total. The number of halogens is 1. The maximum Gasteiger partial charge on any atom is 0.408 e. The number of nitrogens with one attached hydrogen (secondary N) is 1. The van der Waals surface area contributed by atoms with Crippen molar-refractivity contribution in [3.8, 4) is 0 Å². The highest BCUT2D eigenvalue weighted by atomic mass is 35.5. The molecule has 110 valence electrons. The Bertz CT molecular complexity index is 497. The van der Waals surface area contributed by atoms with Crippen LogP contribution in [0.15, 0.2) is 24.3 Å². The largest absolute Gasteiger partial charge is 0.444 e. The lowest BCUT2D eigenvalue weighted by molar-refractivity contribution is -0.117. The summed E-state index contributed by atoms with van der Waals surface area (Å²) in [6.07, 6.45) is -0.620. The Morgan fingerprint density at radius 3 is 2.55 bits per heavy atom. The highest BCUT2D eigenvalue weighted by molar-refractivity contribution is 6.30. The van der Waals surface area contributed by atoms with Gasteiger partial charge >= 0.3 is 6.09 Å². The normalized spacial score (nSPS) is 10.8. The first kappa shape index (κ1) is 16.3. The minimum Gasteiger partial charge on any atom is -0.444 e. The molecule has 1 rings (SSSR count). The average Bonchev–Trinajstić information content (AvgIpc) is 2.33. The third kappa shape index (κ3) is 5.48. The molecule has 2 amide bonds. The summed E-state index contributed by atoms with van der Waals surface area (Å²) in [6, 6.07) is 6.91. The summed E-state index contributed by atoms with van der Waals surface area (Å²) in [5.41, 5.74) is 0.0694. The number of carbonyl (C=O) groups excluding carboxylic acids is 2. The van der Waals surface area contributed by atoms with Gasteiger partial charge in [-0.25, -0.2) is 4.79 Å². The van der Waals surface area contributed by atoms with E-state index in [9.17, 15) is 9.59 Å². The number of nitrogens with zero attached hydrogens (tertiary/aromatic N) is 1. The molecule has 1 aromatic carbocycles. The zero-order valence-corrected chi connectivity index (χ0v) is 12.8. The van der Waals surface area contributed by atoms with E-state index >= 15 is 0 Å². The Kier molecular flexibility index (Phi) is 5.39. The number of benzene rings is 1. The number of rotatable bonds is 3. The Balaban J connectivity index is 2.53. The summed E-state index contributed by atoms with van der Waals surface area (Å²) in [5.74, 6) is -0.266. The summed E-state index contributed by atoms with van der Waals surface area (Å²) in [7, 11) is 1.62. The Labute approximate surface area is 123 Å². The van der Waals surface area contributed by atoms with Gasteiger partial charge in [0.25, 0.3) is 0 Å². The van der Waals surface area contributed by atoms with Crippen molar-refractivity contribution < 1.29 is 14.3 Å². The van der Waals surface area contributed by atoms with E-state index in [1.54, 1.807) is 52.1 Å². The van der Waals surface area contributed by atoms with Gasteiger partial charge in [-0.2, -0.15) is 0 Å². The number of hydrogen-bond acceptors (Lipinski definition) is 3. The first-order valence-electron chi connectivity index (χ1n) is 6.18. The van der Waals surface area contributed by atoms with Gasteiger partial charge in [-0.3, -0.25) is 4.79 Å². The fourth-order valence-electron chi connectivity index (χ4n) is 1.41. The van der Waals surface area contributed by atoms with Crippen LogP contribution < -0.4 is 10.2 Å². The average molecular weight is 299 g/mol. The van der Waals surface area contributed by atoms with Crippen LogP contribution in [-0.2, 0) is 9.53 Å². The molecule has 0 fully saturated rings. The molecule has 0 bridgehead atoms. The van der Waals surface area contributed by atoms with Crippen molar-refractivity contribution in [3.05, 3.63) is 29.3 Å². The lowest BCUT2D eigenvalue weighted by Crippen LogP contribution is -2.40. The lowest BCUT2D eigenvalue weighted by Gasteiger charge is -2.21. The Morgan fingerprint density at radius 1 is 1.35 bits per heavy atom. The molecule has 0 saturated carbocycles. The van der Waals surface area contributed by atoms with Gasteiger partial charge in [-0.15, -0.1) is 0 Å². The standard InChI is InChI=1S/C14H19ClN2O3/c1-14(2,3)20-13(19)16-9-12(18)17(4)11-7-5-6-10(15)8-11/h5-8H,9H2,1-4H3,(H,16,19). The molecule has 0 aliphatic carbocycles. The van der Waals surface area contributed by atoms with E-state index in [2.05, 4.69) is 5.32 Å². The molecule has 0 saturated heterocycles. The summed E-state index contributed by atoms with van der Waals surface area (Å²) >= 11 is 5.87. The van der Waals surface area contributed by atoms with Crippen LogP contribution in [0.25, 0.3) is 0 Å². The second-order valence-electron chi connectivity index (χ2n) is 5.29. The summed E-state index contributed by atoms with van der Waals surface area (Å²) < 4.78 is 5.05. The van der Waals surface area contributed by atoms with Crippen LogP contribution in [0.5, 0.6) is 0 Å². The third-order valence-electron chi connectivity index (χ3n) is 2.35. The zero-order valence-electron chi connectivity index (χ0n) is 12.1. The number of anilines is 1. The molecule has 0 aromatic heterocycles. The fraction of sp³-hybridized carbons (Fsp3) is 0.429. The van der Waals surface area contributed by atoms with Crippen molar-refractivity contribution in [1.82, 2.24) is 5.32 Å². The summed E-state index contributed by atoms with van der Waals surface area (Å²) in [6.45, 7) is 5.13. The predicted molar refractivity (Wildman–Crippen MR) is 79.1 cm³/mol. The van der Waals surface area contributed by atoms with Crippen LogP contribution in [0.1, 0.15) is 20.8 Å². The number of likely N-dealkylation sites (N-methyl/N-ethyl adjacent to an activating group) is 1. The minimum absolute atomic E-state index is 0.141. The van der Waals surface area contributed by atoms with Crippen molar-refractivity contribution in [2.45, 2.75) is 26.4 Å². The van der Waals surface area contributed by atoms with Crippen molar-refractivity contribution in [2.24, 2.45) is 0 Å². The van der Waals surface area contributed by atoms with Gasteiger partial charge in [-0.05, 0) is 39.0 Å². The molecule has 0 aliphatic rings. The molecular formula is C14H19ClN2O3. The second kappa shape index (κ2) is 6.61. The van der Waals surface area contributed by atoms with Gasteiger partial charge in [0, 0.05) is 17.8 Å².